The summed E-state index contributed by atoms with van der Waals surface area (Å²) in [7, 11) is 0. The number of nitrogens with one attached hydrogen (secondary N) is 1. The van der Waals surface area contributed by atoms with Gasteiger partial charge >= 0.3 is 0 Å². The Morgan fingerprint density at radius 1 is 1.53 bits per heavy atom. The minimum atomic E-state index is 0.278. The van der Waals surface area contributed by atoms with E-state index in [4.69, 9.17) is 6.42 Å². The summed E-state index contributed by atoms with van der Waals surface area (Å²) in [5.41, 5.74) is 0.278. The first-order valence-electron chi connectivity index (χ1n) is 6.07. The predicted molar refractivity (Wildman–Crippen MR) is 65.8 cm³/mol. The van der Waals surface area contributed by atoms with Gasteiger partial charge in [-0.1, -0.05) is 13.8 Å². The molecule has 1 aliphatic rings. The quantitative estimate of drug-likeness (QED) is 0.710. The van der Waals surface area contributed by atoms with Gasteiger partial charge in [-0.15, -0.1) is 12.3 Å². The predicted octanol–water partition coefficient (Wildman–Crippen LogP) is 1.86. The fourth-order valence-corrected chi connectivity index (χ4v) is 2.30. The molecule has 1 aliphatic heterocycles. The van der Waals surface area contributed by atoms with Crippen LogP contribution in [-0.4, -0.2) is 36.1 Å². The van der Waals surface area contributed by atoms with Crippen molar-refractivity contribution in [1.82, 2.24) is 10.2 Å². The number of piperazine rings is 1. The van der Waals surface area contributed by atoms with E-state index < -0.39 is 0 Å². The molecule has 86 valence electrons. The molecule has 1 heterocycles. The highest BCUT2D eigenvalue weighted by Gasteiger charge is 2.31. The van der Waals surface area contributed by atoms with Gasteiger partial charge in [-0.2, -0.15) is 0 Å². The zero-order valence-electron chi connectivity index (χ0n) is 10.3. The van der Waals surface area contributed by atoms with Crippen molar-refractivity contribution in [2.24, 2.45) is 0 Å². The van der Waals surface area contributed by atoms with Crippen LogP contribution in [-0.2, 0) is 0 Å². The van der Waals surface area contributed by atoms with Gasteiger partial charge in [0.05, 0.1) is 0 Å². The first-order valence-corrected chi connectivity index (χ1v) is 6.07. The van der Waals surface area contributed by atoms with Crippen LogP contribution in [0.4, 0.5) is 0 Å². The number of terminal acetylenes is 1. The molecule has 0 saturated carbocycles. The number of hydrogen-bond donors (Lipinski definition) is 1. The molecule has 0 aromatic heterocycles. The Hall–Kier alpha value is -0.520. The fraction of sp³-hybridized carbons (Fsp3) is 0.846. The zero-order chi connectivity index (χ0) is 11.3. The lowest BCUT2D eigenvalue weighted by Crippen LogP contribution is -2.60. The summed E-state index contributed by atoms with van der Waals surface area (Å²) in [4.78, 5) is 2.56. The summed E-state index contributed by atoms with van der Waals surface area (Å²) in [6, 6.07) is 0.572. The Bertz CT molecular complexity index is 231. The minimum absolute atomic E-state index is 0.278. The third-order valence-electron chi connectivity index (χ3n) is 3.62. The molecule has 0 aliphatic carbocycles. The molecule has 0 bridgehead atoms. The smallest absolute Gasteiger partial charge is 0.0278 e. The molecule has 0 amide bonds. The summed E-state index contributed by atoms with van der Waals surface area (Å²) in [6.07, 6.45) is 8.64. The molecule has 1 N–H and O–H groups in total. The Labute approximate surface area is 94.4 Å². The van der Waals surface area contributed by atoms with Gasteiger partial charge in [-0.05, 0) is 19.8 Å². The van der Waals surface area contributed by atoms with Crippen LogP contribution in [0.2, 0.25) is 0 Å². The minimum Gasteiger partial charge on any atom is -0.309 e. The van der Waals surface area contributed by atoms with E-state index in [1.165, 1.54) is 6.42 Å². The highest BCUT2D eigenvalue weighted by Crippen LogP contribution is 2.19. The van der Waals surface area contributed by atoms with Crippen LogP contribution in [0, 0.1) is 12.3 Å². The Morgan fingerprint density at radius 3 is 2.80 bits per heavy atom. The SMILES string of the molecule is C#CCC(CC)N1CCNC(C)(CC)C1. The van der Waals surface area contributed by atoms with Crippen LogP contribution in [0.5, 0.6) is 0 Å². The molecule has 0 spiro atoms. The first kappa shape index (κ1) is 12.5. The molecule has 2 heteroatoms. The Kier molecular flexibility index (Phi) is 4.63. The monoisotopic (exact) mass is 208 g/mol. The van der Waals surface area contributed by atoms with E-state index >= 15 is 0 Å². The van der Waals surface area contributed by atoms with E-state index in [9.17, 15) is 0 Å². The summed E-state index contributed by atoms with van der Waals surface area (Å²) in [6.45, 7) is 10.1. The molecule has 1 saturated heterocycles. The number of rotatable bonds is 4. The lowest BCUT2D eigenvalue weighted by atomic mass is 9.94. The fourth-order valence-electron chi connectivity index (χ4n) is 2.30. The molecule has 1 rings (SSSR count). The van der Waals surface area contributed by atoms with E-state index in [-0.39, 0.29) is 5.54 Å². The summed E-state index contributed by atoms with van der Waals surface area (Å²) in [5, 5.41) is 3.60. The maximum Gasteiger partial charge on any atom is 0.0278 e. The molecule has 1 fully saturated rings. The van der Waals surface area contributed by atoms with Crippen LogP contribution in [0.3, 0.4) is 0 Å². The highest BCUT2D eigenvalue weighted by molar-refractivity contribution is 4.96. The molecule has 2 nitrogen and oxygen atoms in total. The molecule has 0 aromatic carbocycles. The Balaban J connectivity index is 2.58. The third kappa shape index (κ3) is 3.22. The van der Waals surface area contributed by atoms with Crippen LogP contribution in [0.15, 0.2) is 0 Å². The summed E-state index contributed by atoms with van der Waals surface area (Å²) >= 11 is 0. The number of hydrogen-bond acceptors (Lipinski definition) is 2. The molecule has 2 unspecified atom stereocenters. The van der Waals surface area contributed by atoms with Crippen molar-refractivity contribution in [2.45, 2.75) is 51.6 Å². The average molecular weight is 208 g/mol. The van der Waals surface area contributed by atoms with Crippen LogP contribution < -0.4 is 5.32 Å². The van der Waals surface area contributed by atoms with Crippen molar-refractivity contribution >= 4 is 0 Å². The van der Waals surface area contributed by atoms with Crippen molar-refractivity contribution < 1.29 is 0 Å². The van der Waals surface area contributed by atoms with Crippen molar-refractivity contribution in [2.75, 3.05) is 19.6 Å². The van der Waals surface area contributed by atoms with E-state index in [0.29, 0.717) is 6.04 Å². The van der Waals surface area contributed by atoms with Crippen molar-refractivity contribution in [3.05, 3.63) is 0 Å². The van der Waals surface area contributed by atoms with Gasteiger partial charge in [0, 0.05) is 37.6 Å². The van der Waals surface area contributed by atoms with Gasteiger partial charge in [-0.25, -0.2) is 0 Å². The van der Waals surface area contributed by atoms with Gasteiger partial charge < -0.3 is 5.32 Å². The van der Waals surface area contributed by atoms with Gasteiger partial charge in [0.1, 0.15) is 0 Å². The lowest BCUT2D eigenvalue weighted by Gasteiger charge is -2.44. The molecular formula is C13H24N2. The zero-order valence-corrected chi connectivity index (χ0v) is 10.3. The van der Waals surface area contributed by atoms with Gasteiger partial charge in [0.15, 0.2) is 0 Å². The maximum atomic E-state index is 5.42. The van der Waals surface area contributed by atoms with Crippen molar-refractivity contribution in [3.8, 4) is 12.3 Å². The molecule has 0 radical (unpaired) electrons. The molecule has 2 atom stereocenters. The number of nitrogens with zero attached hydrogens (tertiary/aromatic N) is 1. The van der Waals surface area contributed by atoms with E-state index in [1.54, 1.807) is 0 Å². The molecule has 0 aromatic rings. The second-order valence-corrected chi connectivity index (χ2v) is 4.78. The Morgan fingerprint density at radius 2 is 2.27 bits per heavy atom. The van der Waals surface area contributed by atoms with E-state index in [0.717, 1.165) is 32.5 Å². The summed E-state index contributed by atoms with van der Waals surface area (Å²) in [5.74, 6) is 2.80. The molecule has 15 heavy (non-hydrogen) atoms. The van der Waals surface area contributed by atoms with E-state index in [2.05, 4.69) is 36.9 Å². The highest BCUT2D eigenvalue weighted by atomic mass is 15.2. The van der Waals surface area contributed by atoms with Gasteiger partial charge in [-0.3, -0.25) is 4.90 Å². The van der Waals surface area contributed by atoms with Gasteiger partial charge in [0.25, 0.3) is 0 Å². The average Bonchev–Trinajstić information content (AvgIpc) is 2.26. The van der Waals surface area contributed by atoms with Crippen LogP contribution in [0.25, 0.3) is 0 Å². The topological polar surface area (TPSA) is 15.3 Å². The summed E-state index contributed by atoms with van der Waals surface area (Å²) < 4.78 is 0. The lowest BCUT2D eigenvalue weighted by molar-refractivity contribution is 0.0971. The van der Waals surface area contributed by atoms with Crippen LogP contribution in [0.1, 0.15) is 40.0 Å². The second-order valence-electron chi connectivity index (χ2n) is 4.78. The largest absolute Gasteiger partial charge is 0.309 e. The maximum absolute atomic E-state index is 5.42. The standard InChI is InChI=1S/C13H24N2/c1-5-8-12(6-2)15-10-9-14-13(4,7-3)11-15/h1,12,14H,6-11H2,2-4H3. The van der Waals surface area contributed by atoms with E-state index in [1.807, 2.05) is 0 Å². The van der Waals surface area contributed by atoms with Crippen LogP contribution >= 0.6 is 0 Å². The second kappa shape index (κ2) is 5.53. The van der Waals surface area contributed by atoms with Crippen molar-refractivity contribution in [3.63, 3.8) is 0 Å². The normalized spacial score (nSPS) is 29.7. The first-order chi connectivity index (χ1) is 7.15. The van der Waals surface area contributed by atoms with Gasteiger partial charge in [0.2, 0.25) is 0 Å². The third-order valence-corrected chi connectivity index (χ3v) is 3.62. The van der Waals surface area contributed by atoms with Crippen molar-refractivity contribution in [1.29, 1.82) is 0 Å². The molecular weight excluding hydrogens is 184 g/mol.